The van der Waals surface area contributed by atoms with Crippen LogP contribution < -0.4 is 15.0 Å². The van der Waals surface area contributed by atoms with Crippen LogP contribution in [0.1, 0.15) is 39.5 Å². The molecule has 0 spiro atoms. The molecule has 1 aromatic rings. The van der Waals surface area contributed by atoms with Crippen molar-refractivity contribution in [3.8, 4) is 5.88 Å². The largest absolute Gasteiger partial charge is 0.478 e. The van der Waals surface area contributed by atoms with E-state index in [1.807, 2.05) is 6.07 Å². The lowest BCUT2D eigenvalue weighted by atomic mass is 9.98. The van der Waals surface area contributed by atoms with Crippen molar-refractivity contribution < 1.29 is 4.74 Å². The average Bonchev–Trinajstić information content (AvgIpc) is 2.54. The van der Waals surface area contributed by atoms with Gasteiger partial charge >= 0.3 is 0 Å². The van der Waals surface area contributed by atoms with Crippen molar-refractivity contribution in [2.75, 3.05) is 37.7 Å². The van der Waals surface area contributed by atoms with Crippen molar-refractivity contribution in [3.05, 3.63) is 12.4 Å². The van der Waals surface area contributed by atoms with E-state index in [0.29, 0.717) is 18.4 Å². The Kier molecular flexibility index (Phi) is 6.73. The smallest absolute Gasteiger partial charge is 0.218 e. The minimum Gasteiger partial charge on any atom is -0.478 e. The zero-order valence-electron chi connectivity index (χ0n) is 13.3. The summed E-state index contributed by atoms with van der Waals surface area (Å²) in [6.07, 6.45) is 6.33. The van der Waals surface area contributed by atoms with E-state index in [2.05, 4.69) is 34.0 Å². The first-order valence-corrected chi connectivity index (χ1v) is 8.24. The van der Waals surface area contributed by atoms with Gasteiger partial charge in [-0.2, -0.15) is 0 Å². The van der Waals surface area contributed by atoms with Crippen LogP contribution in [-0.4, -0.2) is 42.8 Å². The lowest BCUT2D eigenvalue weighted by Crippen LogP contribution is -2.40. The summed E-state index contributed by atoms with van der Waals surface area (Å²) in [4.78, 5) is 11.0. The molecule has 1 aromatic heterocycles. The van der Waals surface area contributed by atoms with E-state index < -0.39 is 0 Å². The maximum Gasteiger partial charge on any atom is 0.218 e. The number of nitrogens with one attached hydrogen (secondary N) is 1. The molecule has 1 N–H and O–H groups in total. The highest BCUT2D eigenvalue weighted by Gasteiger charge is 2.21. The lowest BCUT2D eigenvalue weighted by Gasteiger charge is -2.33. The van der Waals surface area contributed by atoms with Gasteiger partial charge in [0.1, 0.15) is 12.1 Å². The number of anilines is 1. The fourth-order valence-electron chi connectivity index (χ4n) is 2.71. The molecule has 2 rings (SSSR count). The fraction of sp³-hybridized carbons (Fsp3) is 0.750. The van der Waals surface area contributed by atoms with Gasteiger partial charge in [0.05, 0.1) is 6.61 Å². The van der Waals surface area contributed by atoms with Crippen LogP contribution in [0.4, 0.5) is 5.82 Å². The van der Waals surface area contributed by atoms with Crippen LogP contribution >= 0.6 is 0 Å². The van der Waals surface area contributed by atoms with Gasteiger partial charge in [0.15, 0.2) is 0 Å². The first kappa shape index (κ1) is 16.0. The minimum absolute atomic E-state index is 0.688. The average molecular weight is 292 g/mol. The Labute approximate surface area is 128 Å². The van der Waals surface area contributed by atoms with Gasteiger partial charge in [0.2, 0.25) is 5.88 Å². The second-order valence-corrected chi connectivity index (χ2v) is 5.72. The van der Waals surface area contributed by atoms with Crippen molar-refractivity contribution in [1.82, 2.24) is 15.3 Å². The first-order valence-electron chi connectivity index (χ1n) is 8.24. The molecule has 5 nitrogen and oxygen atoms in total. The van der Waals surface area contributed by atoms with E-state index in [-0.39, 0.29) is 0 Å². The molecule has 118 valence electrons. The first-order chi connectivity index (χ1) is 10.3. The van der Waals surface area contributed by atoms with Gasteiger partial charge in [-0.05, 0) is 44.7 Å². The highest BCUT2D eigenvalue weighted by Crippen LogP contribution is 2.23. The summed E-state index contributed by atoms with van der Waals surface area (Å²) in [5.74, 6) is 2.39. The van der Waals surface area contributed by atoms with Gasteiger partial charge in [-0.3, -0.25) is 0 Å². The SMILES string of the molecule is CCCNCC1CCCN(c2cc(OCCC)ncn2)C1. The van der Waals surface area contributed by atoms with Crippen LogP contribution in [0.2, 0.25) is 0 Å². The Balaban J connectivity index is 1.90. The molecule has 1 aliphatic rings. The number of hydrogen-bond acceptors (Lipinski definition) is 5. The van der Waals surface area contributed by atoms with Crippen LogP contribution in [0.5, 0.6) is 5.88 Å². The zero-order chi connectivity index (χ0) is 14.9. The number of aromatic nitrogens is 2. The third-order valence-electron chi connectivity index (χ3n) is 3.78. The number of nitrogens with zero attached hydrogens (tertiary/aromatic N) is 3. The second-order valence-electron chi connectivity index (χ2n) is 5.72. The maximum absolute atomic E-state index is 5.60. The summed E-state index contributed by atoms with van der Waals surface area (Å²) in [5, 5.41) is 3.53. The predicted molar refractivity (Wildman–Crippen MR) is 85.9 cm³/mol. The summed E-state index contributed by atoms with van der Waals surface area (Å²) in [6.45, 7) is 9.38. The molecule has 1 atom stereocenters. The van der Waals surface area contributed by atoms with E-state index in [1.165, 1.54) is 19.3 Å². The highest BCUT2D eigenvalue weighted by molar-refractivity contribution is 5.41. The quantitative estimate of drug-likeness (QED) is 0.746. The maximum atomic E-state index is 5.60. The van der Waals surface area contributed by atoms with Crippen LogP contribution in [-0.2, 0) is 0 Å². The molecular formula is C16H28N4O. The molecule has 1 fully saturated rings. The summed E-state index contributed by atoms with van der Waals surface area (Å²) in [5.41, 5.74) is 0. The monoisotopic (exact) mass is 292 g/mol. The molecule has 0 aliphatic carbocycles. The molecule has 0 amide bonds. The Bertz CT molecular complexity index is 413. The van der Waals surface area contributed by atoms with Crippen LogP contribution in [0.15, 0.2) is 12.4 Å². The number of rotatable bonds is 8. The van der Waals surface area contributed by atoms with Crippen LogP contribution in [0.3, 0.4) is 0 Å². The zero-order valence-corrected chi connectivity index (χ0v) is 13.3. The van der Waals surface area contributed by atoms with E-state index in [9.17, 15) is 0 Å². The van der Waals surface area contributed by atoms with Gasteiger partial charge in [-0.1, -0.05) is 13.8 Å². The molecule has 1 aliphatic heterocycles. The molecular weight excluding hydrogens is 264 g/mol. The molecule has 2 heterocycles. The molecule has 0 aromatic carbocycles. The van der Waals surface area contributed by atoms with Crippen molar-refractivity contribution in [3.63, 3.8) is 0 Å². The Morgan fingerprint density at radius 3 is 3.05 bits per heavy atom. The van der Waals surface area contributed by atoms with Gasteiger partial charge in [0.25, 0.3) is 0 Å². The lowest BCUT2D eigenvalue weighted by molar-refractivity contribution is 0.304. The normalized spacial score (nSPS) is 18.8. The number of ether oxygens (including phenoxy) is 1. The van der Waals surface area contributed by atoms with E-state index in [1.54, 1.807) is 6.33 Å². The molecule has 0 radical (unpaired) electrons. The summed E-state index contributed by atoms with van der Waals surface area (Å²) in [6, 6.07) is 1.97. The topological polar surface area (TPSA) is 50.3 Å². The van der Waals surface area contributed by atoms with Crippen molar-refractivity contribution in [2.45, 2.75) is 39.5 Å². The summed E-state index contributed by atoms with van der Waals surface area (Å²) < 4.78 is 5.60. The fourth-order valence-corrected chi connectivity index (χ4v) is 2.71. The third kappa shape index (κ3) is 5.16. The Morgan fingerprint density at radius 1 is 1.33 bits per heavy atom. The van der Waals surface area contributed by atoms with Crippen molar-refractivity contribution >= 4 is 5.82 Å². The summed E-state index contributed by atoms with van der Waals surface area (Å²) in [7, 11) is 0. The van der Waals surface area contributed by atoms with E-state index in [4.69, 9.17) is 4.74 Å². The van der Waals surface area contributed by atoms with E-state index in [0.717, 1.165) is 38.4 Å². The van der Waals surface area contributed by atoms with Crippen molar-refractivity contribution in [2.24, 2.45) is 5.92 Å². The van der Waals surface area contributed by atoms with Gasteiger partial charge < -0.3 is 15.0 Å². The molecule has 21 heavy (non-hydrogen) atoms. The molecule has 1 unspecified atom stereocenters. The van der Waals surface area contributed by atoms with Crippen LogP contribution in [0.25, 0.3) is 0 Å². The second kappa shape index (κ2) is 8.82. The number of hydrogen-bond donors (Lipinski definition) is 1. The van der Waals surface area contributed by atoms with Gasteiger partial charge in [0, 0.05) is 19.2 Å². The van der Waals surface area contributed by atoms with Crippen LogP contribution in [0, 0.1) is 5.92 Å². The highest BCUT2D eigenvalue weighted by atomic mass is 16.5. The minimum atomic E-state index is 0.688. The molecule has 0 bridgehead atoms. The third-order valence-corrected chi connectivity index (χ3v) is 3.78. The Morgan fingerprint density at radius 2 is 2.24 bits per heavy atom. The van der Waals surface area contributed by atoms with Gasteiger partial charge in [-0.25, -0.2) is 9.97 Å². The standard InChI is InChI=1S/C16H28N4O/c1-3-7-17-11-14-6-5-8-20(12-14)15-10-16(19-13-18-15)21-9-4-2/h10,13-14,17H,3-9,11-12H2,1-2H3. The van der Waals surface area contributed by atoms with E-state index >= 15 is 0 Å². The molecule has 0 saturated carbocycles. The summed E-state index contributed by atoms with van der Waals surface area (Å²) >= 11 is 0. The van der Waals surface area contributed by atoms with Gasteiger partial charge in [-0.15, -0.1) is 0 Å². The number of piperidine rings is 1. The molecule has 5 heteroatoms. The molecule has 1 saturated heterocycles. The Hall–Kier alpha value is -1.36. The van der Waals surface area contributed by atoms with Crippen molar-refractivity contribution in [1.29, 1.82) is 0 Å². The predicted octanol–water partition coefficient (Wildman–Crippen LogP) is 2.48.